The number of piperazine rings is 1. The summed E-state index contributed by atoms with van der Waals surface area (Å²) in [6.45, 7) is 3.47. The van der Waals surface area contributed by atoms with Gasteiger partial charge in [-0.15, -0.1) is 0 Å². The van der Waals surface area contributed by atoms with E-state index in [-0.39, 0.29) is 17.7 Å². The first kappa shape index (κ1) is 17.8. The van der Waals surface area contributed by atoms with Crippen LogP contribution in [0.15, 0.2) is 18.2 Å². The van der Waals surface area contributed by atoms with E-state index in [4.69, 9.17) is 0 Å². The van der Waals surface area contributed by atoms with Gasteiger partial charge in [0.15, 0.2) is 9.84 Å². The molecule has 2 aliphatic heterocycles. The second-order valence-corrected chi connectivity index (χ2v) is 9.61. The summed E-state index contributed by atoms with van der Waals surface area (Å²) in [7, 11) is -2.85. The molecule has 26 heavy (non-hydrogen) atoms. The summed E-state index contributed by atoms with van der Waals surface area (Å²) in [6, 6.07) is 5.70. The predicted octanol–water partition coefficient (Wildman–Crippen LogP) is 0.435. The number of nitrogens with zero attached hydrogens (tertiary/aromatic N) is 4. The van der Waals surface area contributed by atoms with Crippen LogP contribution in [-0.4, -0.2) is 83.1 Å². The van der Waals surface area contributed by atoms with Crippen LogP contribution in [-0.2, 0) is 14.6 Å². The molecular formula is C16H21N5O3S2. The summed E-state index contributed by atoms with van der Waals surface area (Å²) in [5.74, 6) is 0.513. The number of fused-ring (bicyclic) bond motifs is 1. The summed E-state index contributed by atoms with van der Waals surface area (Å²) >= 11 is 1.13. The van der Waals surface area contributed by atoms with Crippen molar-refractivity contribution in [2.24, 2.45) is 0 Å². The maximum atomic E-state index is 12.4. The van der Waals surface area contributed by atoms with Gasteiger partial charge < -0.3 is 5.32 Å². The van der Waals surface area contributed by atoms with Crippen molar-refractivity contribution in [2.45, 2.75) is 12.5 Å². The third-order valence-electron chi connectivity index (χ3n) is 5.06. The Bertz CT molecular complexity index is 906. The van der Waals surface area contributed by atoms with Gasteiger partial charge in [-0.1, -0.05) is 6.07 Å². The first-order valence-corrected chi connectivity index (χ1v) is 11.2. The SMILES string of the molecule is O=C(CN1CCN(C2CCS(=O)(=O)C2)CC1)Nc1cccc2nsnc12. The fourth-order valence-electron chi connectivity index (χ4n) is 3.65. The first-order valence-electron chi connectivity index (χ1n) is 8.68. The second kappa shape index (κ2) is 7.18. The Labute approximate surface area is 156 Å². The molecule has 10 heteroatoms. The molecule has 1 aromatic heterocycles. The molecule has 0 spiro atoms. The van der Waals surface area contributed by atoms with Crippen molar-refractivity contribution < 1.29 is 13.2 Å². The Morgan fingerprint density at radius 2 is 2.04 bits per heavy atom. The molecule has 3 heterocycles. The average molecular weight is 396 g/mol. The minimum atomic E-state index is -2.85. The van der Waals surface area contributed by atoms with Crippen molar-refractivity contribution in [3.8, 4) is 0 Å². The molecule has 2 saturated heterocycles. The van der Waals surface area contributed by atoms with E-state index in [1.165, 1.54) is 0 Å². The number of anilines is 1. The zero-order chi connectivity index (χ0) is 18.1. The molecule has 1 amide bonds. The van der Waals surface area contributed by atoms with Crippen molar-refractivity contribution >= 4 is 44.2 Å². The highest BCUT2D eigenvalue weighted by molar-refractivity contribution is 7.91. The highest BCUT2D eigenvalue weighted by Gasteiger charge is 2.33. The molecule has 1 unspecified atom stereocenters. The Hall–Kier alpha value is -1.62. The molecule has 4 rings (SSSR count). The van der Waals surface area contributed by atoms with Gasteiger partial charge in [0.25, 0.3) is 0 Å². The van der Waals surface area contributed by atoms with E-state index < -0.39 is 9.84 Å². The third kappa shape index (κ3) is 3.88. The summed E-state index contributed by atoms with van der Waals surface area (Å²) in [6.07, 6.45) is 0.731. The van der Waals surface area contributed by atoms with Crippen LogP contribution in [0.4, 0.5) is 5.69 Å². The van der Waals surface area contributed by atoms with Gasteiger partial charge in [-0.05, 0) is 18.6 Å². The van der Waals surface area contributed by atoms with Crippen LogP contribution in [0.1, 0.15) is 6.42 Å². The summed E-state index contributed by atoms with van der Waals surface area (Å²) in [5, 5.41) is 2.93. The maximum Gasteiger partial charge on any atom is 0.238 e. The van der Waals surface area contributed by atoms with Crippen molar-refractivity contribution in [1.29, 1.82) is 0 Å². The molecule has 2 aromatic rings. The van der Waals surface area contributed by atoms with E-state index in [0.29, 0.717) is 18.0 Å². The Morgan fingerprint density at radius 3 is 2.77 bits per heavy atom. The largest absolute Gasteiger partial charge is 0.323 e. The molecule has 0 bridgehead atoms. The number of hydrogen-bond donors (Lipinski definition) is 1. The fourth-order valence-corrected chi connectivity index (χ4v) is 5.96. The molecule has 0 radical (unpaired) electrons. The van der Waals surface area contributed by atoms with Crippen LogP contribution in [0.3, 0.4) is 0 Å². The number of hydrogen-bond acceptors (Lipinski definition) is 8. The molecule has 2 fully saturated rings. The number of benzene rings is 1. The molecule has 0 aliphatic carbocycles. The molecule has 1 N–H and O–H groups in total. The quantitative estimate of drug-likeness (QED) is 0.802. The Morgan fingerprint density at radius 1 is 1.23 bits per heavy atom. The van der Waals surface area contributed by atoms with Gasteiger partial charge in [-0.2, -0.15) is 8.75 Å². The lowest BCUT2D eigenvalue weighted by Crippen LogP contribution is -2.52. The van der Waals surface area contributed by atoms with Crippen molar-refractivity contribution in [3.63, 3.8) is 0 Å². The van der Waals surface area contributed by atoms with Gasteiger partial charge in [-0.25, -0.2) is 8.42 Å². The lowest BCUT2D eigenvalue weighted by atomic mass is 10.2. The number of amides is 1. The smallest absolute Gasteiger partial charge is 0.238 e. The van der Waals surface area contributed by atoms with Gasteiger partial charge in [-0.3, -0.25) is 14.6 Å². The average Bonchev–Trinajstić information content (AvgIpc) is 3.22. The van der Waals surface area contributed by atoms with Gasteiger partial charge in [0.05, 0.1) is 35.5 Å². The van der Waals surface area contributed by atoms with E-state index in [9.17, 15) is 13.2 Å². The molecular weight excluding hydrogens is 374 g/mol. The summed E-state index contributed by atoms with van der Waals surface area (Å²) in [4.78, 5) is 16.7. The van der Waals surface area contributed by atoms with Crippen molar-refractivity contribution in [1.82, 2.24) is 18.5 Å². The predicted molar refractivity (Wildman–Crippen MR) is 101 cm³/mol. The van der Waals surface area contributed by atoms with Crippen LogP contribution in [0.2, 0.25) is 0 Å². The van der Waals surface area contributed by atoms with E-state index in [2.05, 4.69) is 23.9 Å². The van der Waals surface area contributed by atoms with E-state index in [1.807, 2.05) is 18.2 Å². The van der Waals surface area contributed by atoms with Crippen LogP contribution < -0.4 is 5.32 Å². The fraction of sp³-hybridized carbons (Fsp3) is 0.562. The summed E-state index contributed by atoms with van der Waals surface area (Å²) in [5.41, 5.74) is 2.20. The minimum absolute atomic E-state index is 0.0672. The molecule has 1 atom stereocenters. The topological polar surface area (TPSA) is 95.5 Å². The zero-order valence-corrected chi connectivity index (χ0v) is 15.9. The van der Waals surface area contributed by atoms with Gasteiger partial charge in [0.1, 0.15) is 11.0 Å². The highest BCUT2D eigenvalue weighted by atomic mass is 32.2. The van der Waals surface area contributed by atoms with Crippen molar-refractivity contribution in [2.75, 3.05) is 49.5 Å². The highest BCUT2D eigenvalue weighted by Crippen LogP contribution is 2.21. The monoisotopic (exact) mass is 395 g/mol. The third-order valence-corrected chi connectivity index (χ3v) is 7.35. The zero-order valence-electron chi connectivity index (χ0n) is 14.3. The van der Waals surface area contributed by atoms with Gasteiger partial charge >= 0.3 is 0 Å². The summed E-state index contributed by atoms with van der Waals surface area (Å²) < 4.78 is 31.7. The number of nitrogens with one attached hydrogen (secondary N) is 1. The molecule has 1 aromatic carbocycles. The first-order chi connectivity index (χ1) is 12.5. The Balaban J connectivity index is 1.29. The molecule has 8 nitrogen and oxygen atoms in total. The standard InChI is InChI=1S/C16H21N5O3S2/c22-15(17-13-2-1-3-14-16(13)19-25-18-14)10-20-5-7-21(8-6-20)12-4-9-26(23,24)11-12/h1-3,12H,4-11H2,(H,17,22). The van der Waals surface area contributed by atoms with Crippen LogP contribution in [0.25, 0.3) is 11.0 Å². The lowest BCUT2D eigenvalue weighted by Gasteiger charge is -2.37. The molecule has 2 aliphatic rings. The molecule has 0 saturated carbocycles. The Kier molecular flexibility index (Phi) is 4.91. The number of sulfone groups is 1. The van der Waals surface area contributed by atoms with Gasteiger partial charge in [0, 0.05) is 32.2 Å². The number of rotatable bonds is 4. The minimum Gasteiger partial charge on any atom is -0.323 e. The number of aromatic nitrogens is 2. The number of carbonyl (C=O) groups is 1. The van der Waals surface area contributed by atoms with Gasteiger partial charge in [0.2, 0.25) is 5.91 Å². The van der Waals surface area contributed by atoms with Crippen LogP contribution >= 0.6 is 11.7 Å². The van der Waals surface area contributed by atoms with E-state index >= 15 is 0 Å². The van der Waals surface area contributed by atoms with E-state index in [1.54, 1.807) is 0 Å². The van der Waals surface area contributed by atoms with Crippen LogP contribution in [0.5, 0.6) is 0 Å². The van der Waals surface area contributed by atoms with Crippen LogP contribution in [0, 0.1) is 0 Å². The molecule has 140 valence electrons. The maximum absolute atomic E-state index is 12.4. The number of carbonyl (C=O) groups excluding carboxylic acids is 1. The second-order valence-electron chi connectivity index (χ2n) is 6.85. The van der Waals surface area contributed by atoms with Crippen molar-refractivity contribution in [3.05, 3.63) is 18.2 Å². The van der Waals surface area contributed by atoms with E-state index in [0.717, 1.165) is 55.4 Å². The lowest BCUT2D eigenvalue weighted by molar-refractivity contribution is -0.117. The normalized spacial score (nSPS) is 24.1.